The summed E-state index contributed by atoms with van der Waals surface area (Å²) in [6.07, 6.45) is 2.68. The predicted molar refractivity (Wildman–Crippen MR) is 224 cm³/mol. The SMILES string of the molecule is [C-]#[N+]C[C@H]1CN(c2nc(OCc3cc4ncccc4n3COCC[Si](C)(C)C)nc3c(F)c(-c4cccc5ccc(F)c(Cl)c45)ncc23)CCN1C(=O)OC(C)(C)C. The Morgan fingerprint density at radius 1 is 1.07 bits per heavy atom. The first-order valence-electron chi connectivity index (χ1n) is 19.1. The third-order valence-electron chi connectivity index (χ3n) is 9.87. The number of rotatable bonds is 11. The van der Waals surface area contributed by atoms with Gasteiger partial charge < -0.3 is 28.5 Å². The van der Waals surface area contributed by atoms with Crippen LogP contribution in [-0.4, -0.2) is 88.0 Å². The van der Waals surface area contributed by atoms with E-state index in [0.29, 0.717) is 28.8 Å². The van der Waals surface area contributed by atoms with Crippen LogP contribution in [0.15, 0.2) is 60.9 Å². The summed E-state index contributed by atoms with van der Waals surface area (Å²) in [7, 11) is -1.32. The second-order valence-corrected chi connectivity index (χ2v) is 22.5. The van der Waals surface area contributed by atoms with Gasteiger partial charge in [0.1, 0.15) is 47.8 Å². The maximum atomic E-state index is 17.1. The van der Waals surface area contributed by atoms with Crippen LogP contribution in [0.4, 0.5) is 19.4 Å². The van der Waals surface area contributed by atoms with E-state index in [9.17, 15) is 9.18 Å². The van der Waals surface area contributed by atoms with E-state index in [-0.39, 0.29) is 67.1 Å². The maximum Gasteiger partial charge on any atom is 0.410 e. The molecular weight excluding hydrogens is 782 g/mol. The lowest BCUT2D eigenvalue weighted by molar-refractivity contribution is 0.0155. The van der Waals surface area contributed by atoms with Gasteiger partial charge in [0.05, 0.1) is 27.1 Å². The van der Waals surface area contributed by atoms with Crippen molar-refractivity contribution in [1.82, 2.24) is 29.4 Å². The summed E-state index contributed by atoms with van der Waals surface area (Å²) in [6.45, 7) is 21.5. The van der Waals surface area contributed by atoms with E-state index in [1.165, 1.54) is 12.3 Å². The fourth-order valence-electron chi connectivity index (χ4n) is 6.98. The highest BCUT2D eigenvalue weighted by atomic mass is 35.5. The van der Waals surface area contributed by atoms with E-state index in [2.05, 4.69) is 39.4 Å². The lowest BCUT2D eigenvalue weighted by Gasteiger charge is -2.40. The summed E-state index contributed by atoms with van der Waals surface area (Å²) in [5.41, 5.74) is 1.78. The smallest absolute Gasteiger partial charge is 0.410 e. The maximum absolute atomic E-state index is 17.1. The molecule has 0 bridgehead atoms. The molecule has 1 fully saturated rings. The molecule has 0 spiro atoms. The Bertz CT molecular complexity index is 2550. The first-order valence-corrected chi connectivity index (χ1v) is 23.1. The Kier molecular flexibility index (Phi) is 11.5. The number of pyridine rings is 2. The third kappa shape index (κ3) is 8.69. The van der Waals surface area contributed by atoms with E-state index in [4.69, 9.17) is 37.4 Å². The molecular formula is C42H45ClF2N8O4Si. The normalized spacial score (nSPS) is 15.0. The van der Waals surface area contributed by atoms with Crippen molar-refractivity contribution in [1.29, 1.82) is 0 Å². The number of hydrogen-bond acceptors (Lipinski definition) is 9. The number of ether oxygens (including phenoxy) is 3. The molecule has 12 nitrogen and oxygen atoms in total. The van der Waals surface area contributed by atoms with Crippen molar-refractivity contribution in [2.75, 3.05) is 37.7 Å². The quantitative estimate of drug-likeness (QED) is 0.0717. The summed E-state index contributed by atoms with van der Waals surface area (Å²) >= 11 is 6.46. The first-order chi connectivity index (χ1) is 27.6. The van der Waals surface area contributed by atoms with Crippen LogP contribution in [0, 0.1) is 18.2 Å². The Morgan fingerprint density at radius 2 is 1.88 bits per heavy atom. The molecule has 1 amide bonds. The Balaban J connectivity index is 1.29. The van der Waals surface area contributed by atoms with E-state index >= 15 is 4.39 Å². The minimum Gasteiger partial charge on any atom is -0.457 e. The van der Waals surface area contributed by atoms with Gasteiger partial charge in [-0.1, -0.05) is 55.5 Å². The highest BCUT2D eigenvalue weighted by molar-refractivity contribution is 6.76. The molecule has 0 unspecified atom stereocenters. The van der Waals surface area contributed by atoms with Gasteiger partial charge >= 0.3 is 12.1 Å². The molecule has 0 N–H and O–H groups in total. The zero-order valence-corrected chi connectivity index (χ0v) is 35.1. The predicted octanol–water partition coefficient (Wildman–Crippen LogP) is 9.36. The number of anilines is 1. The highest BCUT2D eigenvalue weighted by Crippen LogP contribution is 2.38. The van der Waals surface area contributed by atoms with Gasteiger partial charge in [-0.15, -0.1) is 0 Å². The first kappa shape index (κ1) is 40.8. The third-order valence-corrected chi connectivity index (χ3v) is 11.9. The van der Waals surface area contributed by atoms with Crippen molar-refractivity contribution in [2.24, 2.45) is 0 Å². The van der Waals surface area contributed by atoms with Crippen molar-refractivity contribution < 1.29 is 27.8 Å². The molecule has 4 aromatic heterocycles. The Labute approximate surface area is 341 Å². The van der Waals surface area contributed by atoms with Gasteiger partial charge in [0, 0.05) is 57.7 Å². The number of aromatic nitrogens is 5. The number of amides is 1. The molecule has 1 aliphatic rings. The van der Waals surface area contributed by atoms with E-state index in [0.717, 1.165) is 22.8 Å². The molecule has 7 rings (SSSR count). The standard InChI is InChI=1S/C42H45ClF2N8O4Si/c1-42(2,3)57-41(54)52-17-16-51(23-28(52)21-46-4)39-30-22-48-37(29-11-8-10-26-13-14-31(44)35(43)34(26)29)36(45)38(30)49-40(50-39)56-24-27-20-32-33(12-9-15-47-32)53(27)25-55-18-19-58(5,6)7/h8-15,20,22,28H,16-19,21,23-25H2,1-3,5-7H3/t28-/m0/s1. The molecule has 1 aliphatic heterocycles. The lowest BCUT2D eigenvalue weighted by atomic mass is 10.0. The Morgan fingerprint density at radius 3 is 2.64 bits per heavy atom. The summed E-state index contributed by atoms with van der Waals surface area (Å²) in [4.78, 5) is 38.8. The van der Waals surface area contributed by atoms with Crippen LogP contribution in [0.25, 0.3) is 48.8 Å². The van der Waals surface area contributed by atoms with E-state index in [1.807, 2.05) is 27.7 Å². The minimum absolute atomic E-state index is 0.00320. The average Bonchev–Trinajstić information content (AvgIpc) is 3.53. The number of hydrogen-bond donors (Lipinski definition) is 0. The van der Waals surface area contributed by atoms with Crippen LogP contribution in [0.1, 0.15) is 26.5 Å². The van der Waals surface area contributed by atoms with Crippen LogP contribution in [0.5, 0.6) is 6.01 Å². The molecule has 58 heavy (non-hydrogen) atoms. The number of benzene rings is 2. The molecule has 2 aromatic carbocycles. The van der Waals surface area contributed by atoms with Crippen LogP contribution in [-0.2, 0) is 22.8 Å². The zero-order valence-electron chi connectivity index (χ0n) is 33.4. The van der Waals surface area contributed by atoms with Crippen molar-refractivity contribution >= 4 is 64.3 Å². The molecule has 0 saturated carbocycles. The fourth-order valence-corrected chi connectivity index (χ4v) is 8.01. The summed E-state index contributed by atoms with van der Waals surface area (Å²) < 4.78 is 52.0. The van der Waals surface area contributed by atoms with Crippen LogP contribution in [0.2, 0.25) is 30.7 Å². The second-order valence-electron chi connectivity index (χ2n) is 16.5. The fraction of sp³-hybridized carbons (Fsp3) is 0.381. The van der Waals surface area contributed by atoms with Crippen LogP contribution in [0.3, 0.4) is 0 Å². The van der Waals surface area contributed by atoms with Gasteiger partial charge in [-0.05, 0) is 56.5 Å². The summed E-state index contributed by atoms with van der Waals surface area (Å²) in [5.74, 6) is -1.11. The monoisotopic (exact) mass is 826 g/mol. The number of fused-ring (bicyclic) bond motifs is 3. The highest BCUT2D eigenvalue weighted by Gasteiger charge is 2.37. The zero-order chi connectivity index (χ0) is 41.4. The molecule has 302 valence electrons. The van der Waals surface area contributed by atoms with Crippen molar-refractivity contribution in [3.63, 3.8) is 0 Å². The van der Waals surface area contributed by atoms with E-state index < -0.39 is 37.4 Å². The van der Waals surface area contributed by atoms with Crippen molar-refractivity contribution in [3.8, 4) is 17.3 Å². The van der Waals surface area contributed by atoms with Gasteiger partial charge in [-0.3, -0.25) is 14.9 Å². The molecule has 0 aliphatic carbocycles. The summed E-state index contributed by atoms with van der Waals surface area (Å²) in [5, 5.41) is 1.06. The van der Waals surface area contributed by atoms with Gasteiger partial charge in [0.2, 0.25) is 6.54 Å². The molecule has 1 saturated heterocycles. The van der Waals surface area contributed by atoms with Gasteiger partial charge in [-0.2, -0.15) is 9.97 Å². The summed E-state index contributed by atoms with van der Waals surface area (Å²) in [6, 6.07) is 14.0. The van der Waals surface area contributed by atoms with Crippen molar-refractivity contribution in [2.45, 2.75) is 71.4 Å². The van der Waals surface area contributed by atoms with Gasteiger partial charge in [0.25, 0.3) is 0 Å². The van der Waals surface area contributed by atoms with E-state index in [1.54, 1.807) is 56.1 Å². The lowest BCUT2D eigenvalue weighted by Crippen LogP contribution is -2.57. The largest absolute Gasteiger partial charge is 0.457 e. The van der Waals surface area contributed by atoms with Crippen LogP contribution >= 0.6 is 11.6 Å². The Hall–Kier alpha value is -5.43. The topological polar surface area (TPSA) is 112 Å². The number of carbonyl (C=O) groups is 1. The van der Waals surface area contributed by atoms with Gasteiger partial charge in [0.15, 0.2) is 5.82 Å². The number of halogens is 3. The van der Waals surface area contributed by atoms with Crippen molar-refractivity contribution in [3.05, 3.63) is 94.7 Å². The van der Waals surface area contributed by atoms with Crippen LogP contribution < -0.4 is 9.64 Å². The molecule has 1 atom stereocenters. The minimum atomic E-state index is -1.32. The number of carbonyl (C=O) groups excluding carboxylic acids is 1. The molecule has 16 heteroatoms. The van der Waals surface area contributed by atoms with Gasteiger partial charge in [-0.25, -0.2) is 20.1 Å². The molecule has 6 aromatic rings. The average molecular weight is 827 g/mol. The molecule has 0 radical (unpaired) electrons. The number of piperazine rings is 1. The molecule has 5 heterocycles. The second kappa shape index (κ2) is 16.4. The number of nitrogens with zero attached hydrogens (tertiary/aromatic N) is 8.